The minimum atomic E-state index is -0.864. The summed E-state index contributed by atoms with van der Waals surface area (Å²) >= 11 is 0. The van der Waals surface area contributed by atoms with Crippen molar-refractivity contribution in [3.05, 3.63) is 58.3 Å². The average Bonchev–Trinajstić information content (AvgIpc) is 2.55. The van der Waals surface area contributed by atoms with Crippen LogP contribution in [0.5, 0.6) is 0 Å². The van der Waals surface area contributed by atoms with Crippen LogP contribution in [-0.4, -0.2) is 23.0 Å². The zero-order valence-corrected chi connectivity index (χ0v) is 14.8. The Kier molecular flexibility index (Phi) is 5.92. The van der Waals surface area contributed by atoms with E-state index in [0.29, 0.717) is 23.0 Å². The fourth-order valence-corrected chi connectivity index (χ4v) is 2.35. The van der Waals surface area contributed by atoms with Crippen molar-refractivity contribution < 1.29 is 18.7 Å². The number of alkyl carbamates (subject to hydrolysis) is 1. The molecule has 0 fully saturated rings. The van der Waals surface area contributed by atoms with Gasteiger partial charge in [-0.15, -0.1) is 0 Å². The molecular formula is C19H21FN2O4. The van der Waals surface area contributed by atoms with Gasteiger partial charge in [0.15, 0.2) is 5.82 Å². The minimum absolute atomic E-state index is 0.0892. The number of aldehydes is 1. The lowest BCUT2D eigenvalue weighted by Gasteiger charge is -2.23. The molecule has 2 aromatic rings. The number of aromatic nitrogens is 1. The van der Waals surface area contributed by atoms with E-state index >= 15 is 0 Å². The summed E-state index contributed by atoms with van der Waals surface area (Å²) in [6.45, 7) is 5.25. The van der Waals surface area contributed by atoms with Crippen LogP contribution in [0.4, 0.5) is 9.18 Å². The van der Waals surface area contributed by atoms with Gasteiger partial charge in [0.2, 0.25) is 0 Å². The van der Waals surface area contributed by atoms with Gasteiger partial charge in [-0.2, -0.15) is 0 Å². The van der Waals surface area contributed by atoms with Gasteiger partial charge in [-0.25, -0.2) is 9.18 Å². The first-order chi connectivity index (χ1) is 12.2. The Bertz CT molecular complexity index is 838. The van der Waals surface area contributed by atoms with E-state index in [2.05, 4.69) is 10.3 Å². The fourth-order valence-electron chi connectivity index (χ4n) is 2.35. The van der Waals surface area contributed by atoms with Crippen LogP contribution in [0.1, 0.15) is 38.8 Å². The molecule has 2 N–H and O–H groups in total. The average molecular weight is 360 g/mol. The fraction of sp³-hybridized carbons (Fsp3) is 0.316. The number of aromatic amines is 1. The van der Waals surface area contributed by atoms with E-state index in [0.717, 1.165) is 6.07 Å². The summed E-state index contributed by atoms with van der Waals surface area (Å²) in [7, 11) is 0. The van der Waals surface area contributed by atoms with Gasteiger partial charge in [0.05, 0.1) is 6.04 Å². The van der Waals surface area contributed by atoms with Gasteiger partial charge in [-0.05, 0) is 38.0 Å². The van der Waals surface area contributed by atoms with Gasteiger partial charge in [0.25, 0.3) is 5.56 Å². The second-order valence-corrected chi connectivity index (χ2v) is 6.79. The predicted molar refractivity (Wildman–Crippen MR) is 95.2 cm³/mol. The number of carbonyl (C=O) groups excluding carboxylic acids is 2. The van der Waals surface area contributed by atoms with Crippen molar-refractivity contribution in [1.82, 2.24) is 10.3 Å². The molecule has 26 heavy (non-hydrogen) atoms. The van der Waals surface area contributed by atoms with E-state index in [1.807, 2.05) is 0 Å². The number of hydrogen-bond acceptors (Lipinski definition) is 4. The third kappa shape index (κ3) is 5.27. The maximum Gasteiger partial charge on any atom is 0.408 e. The van der Waals surface area contributed by atoms with E-state index in [4.69, 9.17) is 4.74 Å². The summed E-state index contributed by atoms with van der Waals surface area (Å²) < 4.78 is 18.6. The standard InChI is InChI=1S/C19H21FN2O4/c1-19(2,3)26-18(25)22-16(8-9-23)13-6-4-12(5-7-13)14-10-15(20)17(24)21-11-14/h4-7,9-11,16H,8H2,1-3H3,(H,21,24)(H,22,25)/t16-/m1/s1. The number of halogens is 1. The highest BCUT2D eigenvalue weighted by Crippen LogP contribution is 2.23. The van der Waals surface area contributed by atoms with E-state index in [9.17, 15) is 18.8 Å². The van der Waals surface area contributed by atoms with Gasteiger partial charge in [-0.3, -0.25) is 4.79 Å². The number of pyridine rings is 1. The van der Waals surface area contributed by atoms with Crippen LogP contribution >= 0.6 is 0 Å². The van der Waals surface area contributed by atoms with Crippen LogP contribution in [0.2, 0.25) is 0 Å². The van der Waals surface area contributed by atoms with Crippen molar-refractivity contribution >= 4 is 12.4 Å². The third-order valence-corrected chi connectivity index (χ3v) is 3.53. The topological polar surface area (TPSA) is 88.3 Å². The Balaban J connectivity index is 2.19. The normalized spacial score (nSPS) is 12.3. The molecule has 0 spiro atoms. The Hall–Kier alpha value is -2.96. The second kappa shape index (κ2) is 7.95. The predicted octanol–water partition coefficient (Wildman–Crippen LogP) is 3.34. The number of rotatable bonds is 5. The number of ether oxygens (including phenoxy) is 1. The first kappa shape index (κ1) is 19.4. The van der Waals surface area contributed by atoms with Crippen LogP contribution in [-0.2, 0) is 9.53 Å². The summed E-state index contributed by atoms with van der Waals surface area (Å²) in [5, 5.41) is 2.67. The van der Waals surface area contributed by atoms with Gasteiger partial charge < -0.3 is 19.8 Å². The van der Waals surface area contributed by atoms with Crippen LogP contribution in [0.25, 0.3) is 11.1 Å². The number of benzene rings is 1. The number of nitrogens with one attached hydrogen (secondary N) is 2. The van der Waals surface area contributed by atoms with Crippen molar-refractivity contribution in [2.45, 2.75) is 38.8 Å². The van der Waals surface area contributed by atoms with Crippen molar-refractivity contribution in [2.75, 3.05) is 0 Å². The van der Waals surface area contributed by atoms with Crippen LogP contribution in [0, 0.1) is 5.82 Å². The molecule has 1 amide bonds. The van der Waals surface area contributed by atoms with Crippen LogP contribution in [0.15, 0.2) is 41.3 Å². The number of amides is 1. The van der Waals surface area contributed by atoms with Crippen molar-refractivity contribution in [1.29, 1.82) is 0 Å². The highest BCUT2D eigenvalue weighted by molar-refractivity contribution is 5.69. The maximum absolute atomic E-state index is 13.4. The van der Waals surface area contributed by atoms with E-state index < -0.39 is 29.1 Å². The molecule has 0 aliphatic carbocycles. The lowest BCUT2D eigenvalue weighted by atomic mass is 10.0. The highest BCUT2D eigenvalue weighted by atomic mass is 19.1. The molecule has 1 aromatic carbocycles. The zero-order valence-electron chi connectivity index (χ0n) is 14.8. The van der Waals surface area contributed by atoms with Gasteiger partial charge in [0.1, 0.15) is 11.9 Å². The van der Waals surface area contributed by atoms with Gasteiger partial charge in [0, 0.05) is 18.2 Å². The molecule has 138 valence electrons. The Labute approximate surface area is 150 Å². The van der Waals surface area contributed by atoms with Crippen molar-refractivity contribution in [3.63, 3.8) is 0 Å². The molecule has 1 atom stereocenters. The summed E-state index contributed by atoms with van der Waals surface area (Å²) in [5.41, 5.74) is 0.481. The molecule has 7 heteroatoms. The second-order valence-electron chi connectivity index (χ2n) is 6.79. The van der Waals surface area contributed by atoms with Crippen molar-refractivity contribution in [2.24, 2.45) is 0 Å². The highest BCUT2D eigenvalue weighted by Gasteiger charge is 2.20. The number of hydrogen-bond donors (Lipinski definition) is 2. The molecule has 0 aliphatic heterocycles. The number of carbonyl (C=O) groups is 2. The zero-order chi connectivity index (χ0) is 19.3. The Morgan fingerprint density at radius 2 is 1.92 bits per heavy atom. The Morgan fingerprint density at radius 3 is 2.46 bits per heavy atom. The molecule has 1 aromatic heterocycles. The number of H-pyrrole nitrogens is 1. The maximum atomic E-state index is 13.4. The molecule has 0 bridgehead atoms. The smallest absolute Gasteiger partial charge is 0.408 e. The quantitative estimate of drug-likeness (QED) is 0.801. The molecule has 0 saturated heterocycles. The molecule has 2 rings (SSSR count). The molecule has 0 radical (unpaired) electrons. The first-order valence-corrected chi connectivity index (χ1v) is 8.11. The first-order valence-electron chi connectivity index (χ1n) is 8.11. The van der Waals surface area contributed by atoms with Crippen LogP contribution < -0.4 is 10.9 Å². The lowest BCUT2D eigenvalue weighted by molar-refractivity contribution is -0.108. The molecule has 6 nitrogen and oxygen atoms in total. The molecule has 0 aliphatic rings. The van der Waals surface area contributed by atoms with Gasteiger partial charge in [-0.1, -0.05) is 24.3 Å². The minimum Gasteiger partial charge on any atom is -0.444 e. The monoisotopic (exact) mass is 360 g/mol. The molecular weight excluding hydrogens is 339 g/mol. The van der Waals surface area contributed by atoms with E-state index in [1.54, 1.807) is 45.0 Å². The van der Waals surface area contributed by atoms with E-state index in [1.165, 1.54) is 6.20 Å². The summed E-state index contributed by atoms with van der Waals surface area (Å²) in [6.07, 6.45) is 1.61. The molecule has 0 unspecified atom stereocenters. The Morgan fingerprint density at radius 1 is 1.27 bits per heavy atom. The summed E-state index contributed by atoms with van der Waals surface area (Å²) in [6, 6.07) is 7.50. The SMILES string of the molecule is CC(C)(C)OC(=O)N[C@H](CC=O)c1ccc(-c2c[nH]c(=O)c(F)c2)cc1. The lowest BCUT2D eigenvalue weighted by Crippen LogP contribution is -2.35. The van der Waals surface area contributed by atoms with Crippen LogP contribution in [0.3, 0.4) is 0 Å². The van der Waals surface area contributed by atoms with Gasteiger partial charge >= 0.3 is 6.09 Å². The van der Waals surface area contributed by atoms with Crippen molar-refractivity contribution in [3.8, 4) is 11.1 Å². The summed E-state index contributed by atoms with van der Waals surface area (Å²) in [4.78, 5) is 36.3. The largest absolute Gasteiger partial charge is 0.444 e. The molecule has 0 saturated carbocycles. The summed E-state index contributed by atoms with van der Waals surface area (Å²) in [5.74, 6) is -0.864. The third-order valence-electron chi connectivity index (χ3n) is 3.53. The van der Waals surface area contributed by atoms with E-state index in [-0.39, 0.29) is 6.42 Å². The molecule has 1 heterocycles.